The SMILES string of the molecule is Cc1ccc(C)c(-n2nnnc2S[C@@H](C)C(=O)c2ccc(F)c(F)c2)c1. The number of rotatable bonds is 5. The van der Waals surface area contributed by atoms with Crippen molar-refractivity contribution in [1.82, 2.24) is 20.2 Å². The molecule has 0 aliphatic heterocycles. The van der Waals surface area contributed by atoms with E-state index in [0.717, 1.165) is 40.7 Å². The number of carbonyl (C=O) groups excluding carboxylic acids is 1. The van der Waals surface area contributed by atoms with Gasteiger partial charge in [-0.1, -0.05) is 23.9 Å². The van der Waals surface area contributed by atoms with Crippen molar-refractivity contribution in [2.24, 2.45) is 0 Å². The van der Waals surface area contributed by atoms with Gasteiger partial charge in [-0.05, 0) is 66.6 Å². The Kier molecular flexibility index (Phi) is 5.13. The van der Waals surface area contributed by atoms with Crippen LogP contribution in [0, 0.1) is 25.5 Å². The summed E-state index contributed by atoms with van der Waals surface area (Å²) in [5.74, 6) is -2.36. The van der Waals surface area contributed by atoms with Crippen molar-refractivity contribution in [3.05, 3.63) is 64.7 Å². The number of aromatic nitrogens is 4. The van der Waals surface area contributed by atoms with Crippen molar-refractivity contribution in [2.75, 3.05) is 0 Å². The molecule has 5 nitrogen and oxygen atoms in total. The van der Waals surface area contributed by atoms with Crippen LogP contribution in [0.1, 0.15) is 28.4 Å². The largest absolute Gasteiger partial charge is 0.293 e. The van der Waals surface area contributed by atoms with E-state index in [1.165, 1.54) is 6.07 Å². The lowest BCUT2D eigenvalue weighted by Gasteiger charge is -2.12. The zero-order chi connectivity index (χ0) is 18.8. The molecule has 0 aliphatic rings. The van der Waals surface area contributed by atoms with Gasteiger partial charge in [0.2, 0.25) is 5.16 Å². The molecule has 0 saturated heterocycles. The van der Waals surface area contributed by atoms with Crippen molar-refractivity contribution in [1.29, 1.82) is 0 Å². The Morgan fingerprint density at radius 2 is 1.88 bits per heavy atom. The molecule has 0 unspecified atom stereocenters. The van der Waals surface area contributed by atoms with E-state index in [-0.39, 0.29) is 11.3 Å². The first-order chi connectivity index (χ1) is 12.4. The van der Waals surface area contributed by atoms with Gasteiger partial charge < -0.3 is 0 Å². The van der Waals surface area contributed by atoms with Crippen molar-refractivity contribution in [3.8, 4) is 5.69 Å². The Hall–Kier alpha value is -2.61. The third kappa shape index (κ3) is 3.65. The van der Waals surface area contributed by atoms with Gasteiger partial charge in [0.25, 0.3) is 0 Å². The highest BCUT2D eigenvalue weighted by molar-refractivity contribution is 8.00. The second-order valence-electron chi connectivity index (χ2n) is 5.92. The fourth-order valence-electron chi connectivity index (χ4n) is 2.45. The average Bonchev–Trinajstić information content (AvgIpc) is 3.06. The van der Waals surface area contributed by atoms with Crippen LogP contribution < -0.4 is 0 Å². The molecule has 0 aliphatic carbocycles. The third-order valence-electron chi connectivity index (χ3n) is 3.89. The minimum absolute atomic E-state index is 0.106. The summed E-state index contributed by atoms with van der Waals surface area (Å²) in [6.07, 6.45) is 0. The van der Waals surface area contributed by atoms with Gasteiger partial charge in [-0.2, -0.15) is 4.68 Å². The molecule has 1 aromatic heterocycles. The van der Waals surface area contributed by atoms with Crippen LogP contribution in [-0.4, -0.2) is 31.2 Å². The van der Waals surface area contributed by atoms with E-state index >= 15 is 0 Å². The first-order valence-electron chi connectivity index (χ1n) is 7.88. The van der Waals surface area contributed by atoms with Gasteiger partial charge >= 0.3 is 0 Å². The number of Topliss-reactive ketones (excluding diaryl/α,β-unsaturated/α-hetero) is 1. The summed E-state index contributed by atoms with van der Waals surface area (Å²) in [7, 11) is 0. The monoisotopic (exact) mass is 374 g/mol. The predicted octanol–water partition coefficient (Wildman–Crippen LogP) is 3.92. The van der Waals surface area contributed by atoms with E-state index in [9.17, 15) is 13.6 Å². The highest BCUT2D eigenvalue weighted by atomic mass is 32.2. The number of carbonyl (C=O) groups is 1. The van der Waals surface area contributed by atoms with Crippen LogP contribution in [0.4, 0.5) is 8.78 Å². The molecule has 3 aromatic rings. The maximum absolute atomic E-state index is 13.4. The Labute approximate surface area is 153 Å². The summed E-state index contributed by atoms with van der Waals surface area (Å²) in [5.41, 5.74) is 2.98. The van der Waals surface area contributed by atoms with Crippen molar-refractivity contribution in [2.45, 2.75) is 31.2 Å². The lowest BCUT2D eigenvalue weighted by molar-refractivity contribution is 0.0993. The molecule has 0 N–H and O–H groups in total. The summed E-state index contributed by atoms with van der Waals surface area (Å²) in [6.45, 7) is 5.59. The van der Waals surface area contributed by atoms with Gasteiger partial charge in [0.1, 0.15) is 0 Å². The number of ketones is 1. The quantitative estimate of drug-likeness (QED) is 0.500. The van der Waals surface area contributed by atoms with Crippen LogP contribution in [0.25, 0.3) is 5.69 Å². The number of tetrazole rings is 1. The maximum Gasteiger partial charge on any atom is 0.214 e. The highest BCUT2D eigenvalue weighted by Gasteiger charge is 2.22. The van der Waals surface area contributed by atoms with Gasteiger partial charge in [-0.3, -0.25) is 4.79 Å². The number of aryl methyl sites for hydroxylation is 2. The molecule has 0 saturated carbocycles. The first-order valence-corrected chi connectivity index (χ1v) is 8.76. The molecule has 0 amide bonds. The number of nitrogens with zero attached hydrogens (tertiary/aromatic N) is 4. The van der Waals surface area contributed by atoms with Crippen LogP contribution in [0.2, 0.25) is 0 Å². The van der Waals surface area contributed by atoms with Crippen LogP contribution in [-0.2, 0) is 0 Å². The van der Waals surface area contributed by atoms with E-state index in [1.807, 2.05) is 32.0 Å². The molecule has 0 radical (unpaired) electrons. The van der Waals surface area contributed by atoms with Gasteiger partial charge in [0.15, 0.2) is 17.4 Å². The molecule has 1 heterocycles. The van der Waals surface area contributed by atoms with Crippen LogP contribution in [0.15, 0.2) is 41.6 Å². The predicted molar refractivity (Wildman–Crippen MR) is 94.6 cm³/mol. The molecule has 0 bridgehead atoms. The van der Waals surface area contributed by atoms with E-state index in [1.54, 1.807) is 11.6 Å². The molecular weight excluding hydrogens is 358 g/mol. The number of halogens is 2. The Morgan fingerprint density at radius 1 is 1.12 bits per heavy atom. The minimum Gasteiger partial charge on any atom is -0.293 e. The smallest absolute Gasteiger partial charge is 0.214 e. The van der Waals surface area contributed by atoms with E-state index < -0.39 is 16.9 Å². The standard InChI is InChI=1S/C18H16F2N4OS/c1-10-4-5-11(2)16(8-10)24-18(21-22-23-24)26-12(3)17(25)13-6-7-14(19)15(20)9-13/h4-9,12H,1-3H3/t12-/m0/s1. The number of hydrogen-bond acceptors (Lipinski definition) is 5. The molecule has 134 valence electrons. The van der Waals surface area contributed by atoms with E-state index in [0.29, 0.717) is 5.16 Å². The molecule has 3 rings (SSSR count). The normalized spacial score (nSPS) is 12.2. The summed E-state index contributed by atoms with van der Waals surface area (Å²) >= 11 is 1.16. The van der Waals surface area contributed by atoms with E-state index in [4.69, 9.17) is 0 Å². The fraction of sp³-hybridized carbons (Fsp3) is 0.222. The average molecular weight is 374 g/mol. The number of benzene rings is 2. The second-order valence-corrected chi connectivity index (χ2v) is 7.22. The van der Waals surface area contributed by atoms with Crippen molar-refractivity contribution < 1.29 is 13.6 Å². The minimum atomic E-state index is -1.05. The van der Waals surface area contributed by atoms with Gasteiger partial charge in [-0.15, -0.1) is 5.10 Å². The molecule has 2 aromatic carbocycles. The Balaban J connectivity index is 1.85. The summed E-state index contributed by atoms with van der Waals surface area (Å²) in [5, 5.41) is 11.6. The van der Waals surface area contributed by atoms with Crippen molar-refractivity contribution in [3.63, 3.8) is 0 Å². The highest BCUT2D eigenvalue weighted by Crippen LogP contribution is 2.27. The lowest BCUT2D eigenvalue weighted by Crippen LogP contribution is -2.15. The molecule has 1 atom stereocenters. The topological polar surface area (TPSA) is 60.7 Å². The molecular formula is C18H16F2N4OS. The van der Waals surface area contributed by atoms with Crippen molar-refractivity contribution >= 4 is 17.5 Å². The zero-order valence-electron chi connectivity index (χ0n) is 14.4. The zero-order valence-corrected chi connectivity index (χ0v) is 15.2. The van der Waals surface area contributed by atoms with Crippen LogP contribution in [0.5, 0.6) is 0 Å². The Morgan fingerprint density at radius 3 is 2.62 bits per heavy atom. The molecule has 0 spiro atoms. The Bertz CT molecular complexity index is 974. The van der Waals surface area contributed by atoms with Gasteiger partial charge in [-0.25, -0.2) is 8.78 Å². The molecule has 26 heavy (non-hydrogen) atoms. The summed E-state index contributed by atoms with van der Waals surface area (Å²) in [6, 6.07) is 9.04. The first kappa shape index (κ1) is 18.2. The fourth-order valence-corrected chi connectivity index (χ4v) is 3.32. The third-order valence-corrected chi connectivity index (χ3v) is 4.92. The number of thioether (sulfide) groups is 1. The van der Waals surface area contributed by atoms with E-state index in [2.05, 4.69) is 15.5 Å². The number of hydrogen-bond donors (Lipinski definition) is 0. The lowest BCUT2D eigenvalue weighted by atomic mass is 10.1. The van der Waals surface area contributed by atoms with Crippen LogP contribution in [0.3, 0.4) is 0 Å². The second kappa shape index (κ2) is 7.33. The summed E-state index contributed by atoms with van der Waals surface area (Å²) in [4.78, 5) is 12.5. The van der Waals surface area contributed by atoms with Gasteiger partial charge in [0.05, 0.1) is 10.9 Å². The summed E-state index contributed by atoms with van der Waals surface area (Å²) < 4.78 is 28.0. The molecule has 0 fully saturated rings. The van der Waals surface area contributed by atoms with Crippen LogP contribution >= 0.6 is 11.8 Å². The maximum atomic E-state index is 13.4. The van der Waals surface area contributed by atoms with Gasteiger partial charge in [0, 0.05) is 5.56 Å². The molecule has 8 heteroatoms.